The molecule has 0 saturated carbocycles. The molecule has 0 rings (SSSR count). The van der Waals surface area contributed by atoms with Crippen LogP contribution in [0.2, 0.25) is 0 Å². The van der Waals surface area contributed by atoms with Gasteiger partial charge in [-0.1, -0.05) is 49.1 Å². The summed E-state index contributed by atoms with van der Waals surface area (Å²) in [6.45, 7) is 10.7. The molecule has 0 bridgehead atoms. The largest absolute Gasteiger partial charge is 0.0991 e. The van der Waals surface area contributed by atoms with E-state index in [1.165, 1.54) is 0 Å². The Labute approximate surface area is 56.9 Å². The lowest BCUT2D eigenvalue weighted by molar-refractivity contribution is 1.55. The van der Waals surface area contributed by atoms with E-state index >= 15 is 0 Å². The molecule has 0 saturated heterocycles. The minimum absolute atomic E-state index is 0.809. The van der Waals surface area contributed by atoms with Crippen molar-refractivity contribution in [3.8, 4) is 0 Å². The standard InChI is InChI=1S/C9H11/c1-4-5-6-7-8-9(2)3/h2,4-8H,1H2,3H3. The molecule has 1 radical (unpaired) electrons. The Kier molecular flexibility index (Phi) is 4.51. The third-order valence-electron chi connectivity index (χ3n) is 0.717. The Balaban J connectivity index is 3.59. The van der Waals surface area contributed by atoms with Crippen LogP contribution in [0.3, 0.4) is 0 Å². The number of hydrogen-bond donors (Lipinski definition) is 0. The van der Waals surface area contributed by atoms with E-state index in [0.717, 1.165) is 5.57 Å². The first-order valence-electron chi connectivity index (χ1n) is 2.82. The molecular formula is C9H11. The molecule has 9 heavy (non-hydrogen) atoms. The van der Waals surface area contributed by atoms with Crippen LogP contribution in [0.5, 0.6) is 0 Å². The Morgan fingerprint density at radius 1 is 1.33 bits per heavy atom. The topological polar surface area (TPSA) is 0 Å². The van der Waals surface area contributed by atoms with Gasteiger partial charge in [0.15, 0.2) is 0 Å². The Hall–Kier alpha value is -1.04. The molecule has 47 valence electrons. The van der Waals surface area contributed by atoms with Crippen molar-refractivity contribution >= 4 is 0 Å². The highest BCUT2D eigenvalue weighted by Crippen LogP contribution is 1.88. The van der Waals surface area contributed by atoms with Crippen molar-refractivity contribution in [1.82, 2.24) is 0 Å². The van der Waals surface area contributed by atoms with Gasteiger partial charge in [-0.3, -0.25) is 0 Å². The van der Waals surface area contributed by atoms with Gasteiger partial charge in [0.2, 0.25) is 0 Å². The average molecular weight is 119 g/mol. The summed E-state index contributed by atoms with van der Waals surface area (Å²) in [5.74, 6) is 0. The predicted octanol–water partition coefficient (Wildman–Crippen LogP) is 2.66. The third kappa shape index (κ3) is 6.96. The van der Waals surface area contributed by atoms with Crippen LogP contribution in [-0.2, 0) is 0 Å². The maximum Gasteiger partial charge on any atom is -0.0398 e. The summed E-state index contributed by atoms with van der Waals surface area (Å²) in [6.07, 6.45) is 9.15. The molecule has 0 aromatic rings. The van der Waals surface area contributed by atoms with Gasteiger partial charge < -0.3 is 0 Å². The van der Waals surface area contributed by atoms with E-state index < -0.39 is 0 Å². The average Bonchev–Trinajstić information content (AvgIpc) is 1.80. The summed E-state index contributed by atoms with van der Waals surface area (Å²) in [4.78, 5) is 0. The van der Waals surface area contributed by atoms with E-state index in [9.17, 15) is 0 Å². The van der Waals surface area contributed by atoms with Crippen molar-refractivity contribution in [3.63, 3.8) is 0 Å². The summed E-state index contributed by atoms with van der Waals surface area (Å²) in [5.41, 5.74) is 0.809. The first kappa shape index (κ1) is 7.96. The van der Waals surface area contributed by atoms with E-state index in [0.29, 0.717) is 0 Å². The lowest BCUT2D eigenvalue weighted by atomic mass is 10.3. The maximum atomic E-state index is 5.34. The van der Waals surface area contributed by atoms with Gasteiger partial charge >= 0.3 is 0 Å². The first-order valence-corrected chi connectivity index (χ1v) is 2.82. The minimum atomic E-state index is 0.809. The van der Waals surface area contributed by atoms with Gasteiger partial charge in [0.1, 0.15) is 0 Å². The molecular weight excluding hydrogens is 108 g/mol. The summed E-state index contributed by atoms with van der Waals surface area (Å²) in [6, 6.07) is 0. The predicted molar refractivity (Wildman–Crippen MR) is 42.0 cm³/mol. The highest BCUT2D eigenvalue weighted by molar-refractivity contribution is 5.17. The Bertz CT molecular complexity index is 147. The smallest absolute Gasteiger partial charge is 0.0398 e. The van der Waals surface area contributed by atoms with Crippen LogP contribution < -0.4 is 0 Å². The zero-order valence-corrected chi connectivity index (χ0v) is 5.67. The van der Waals surface area contributed by atoms with E-state index in [1.54, 1.807) is 6.08 Å². The normalized spacial score (nSPS) is 10.8. The van der Waals surface area contributed by atoms with Crippen molar-refractivity contribution < 1.29 is 0 Å². The molecule has 0 aliphatic heterocycles. The summed E-state index contributed by atoms with van der Waals surface area (Å²) in [7, 11) is 0. The Morgan fingerprint density at radius 2 is 2.00 bits per heavy atom. The van der Waals surface area contributed by atoms with Gasteiger partial charge in [0, 0.05) is 0 Å². The van der Waals surface area contributed by atoms with E-state index in [-0.39, 0.29) is 0 Å². The Morgan fingerprint density at radius 3 is 2.44 bits per heavy atom. The molecule has 0 aliphatic rings. The molecule has 0 N–H and O–H groups in total. The fourth-order valence-corrected chi connectivity index (χ4v) is 0.350. The number of rotatable bonds is 3. The van der Waals surface area contributed by atoms with Crippen LogP contribution in [0.15, 0.2) is 42.5 Å². The zero-order valence-electron chi connectivity index (χ0n) is 5.67. The molecule has 0 heteroatoms. The maximum absolute atomic E-state index is 5.34. The van der Waals surface area contributed by atoms with Crippen LogP contribution in [0.25, 0.3) is 0 Å². The molecule has 0 aliphatic carbocycles. The summed E-state index contributed by atoms with van der Waals surface area (Å²) >= 11 is 0. The van der Waals surface area contributed by atoms with Crippen LogP contribution in [0.1, 0.15) is 6.92 Å². The molecule has 0 amide bonds. The first-order chi connectivity index (χ1) is 4.27. The van der Waals surface area contributed by atoms with Gasteiger partial charge in [-0.2, -0.15) is 0 Å². The van der Waals surface area contributed by atoms with Crippen molar-refractivity contribution in [1.29, 1.82) is 0 Å². The monoisotopic (exact) mass is 119 g/mol. The van der Waals surface area contributed by atoms with Crippen molar-refractivity contribution in [3.05, 3.63) is 49.1 Å². The van der Waals surface area contributed by atoms with Crippen molar-refractivity contribution in [2.45, 2.75) is 6.92 Å². The molecule has 0 spiro atoms. The number of hydrogen-bond acceptors (Lipinski definition) is 0. The fourth-order valence-electron chi connectivity index (χ4n) is 0.350. The van der Waals surface area contributed by atoms with Crippen molar-refractivity contribution in [2.75, 3.05) is 0 Å². The molecule has 0 atom stereocenters. The van der Waals surface area contributed by atoms with Crippen LogP contribution in [0, 0.1) is 6.58 Å². The zero-order chi connectivity index (χ0) is 7.11. The van der Waals surface area contributed by atoms with Gasteiger partial charge in [-0.15, -0.1) is 0 Å². The van der Waals surface area contributed by atoms with Gasteiger partial charge in [0.05, 0.1) is 0 Å². The van der Waals surface area contributed by atoms with Gasteiger partial charge in [0.25, 0.3) is 0 Å². The number of allylic oxidation sites excluding steroid dienone is 6. The van der Waals surface area contributed by atoms with Crippen LogP contribution in [0.4, 0.5) is 0 Å². The summed E-state index contributed by atoms with van der Waals surface area (Å²) < 4.78 is 0. The lowest BCUT2D eigenvalue weighted by Gasteiger charge is -1.78. The highest BCUT2D eigenvalue weighted by atomic mass is 13.7. The molecule has 0 nitrogen and oxygen atoms in total. The molecule has 0 aromatic carbocycles. The minimum Gasteiger partial charge on any atom is -0.0991 e. The third-order valence-corrected chi connectivity index (χ3v) is 0.717. The van der Waals surface area contributed by atoms with Crippen LogP contribution in [-0.4, -0.2) is 0 Å². The summed E-state index contributed by atoms with van der Waals surface area (Å²) in [5, 5.41) is 0. The lowest BCUT2D eigenvalue weighted by Crippen LogP contribution is -1.57. The molecule has 0 unspecified atom stereocenters. The van der Waals surface area contributed by atoms with E-state index in [1.807, 2.05) is 31.2 Å². The van der Waals surface area contributed by atoms with Gasteiger partial charge in [-0.25, -0.2) is 0 Å². The molecule has 0 heterocycles. The van der Waals surface area contributed by atoms with E-state index in [4.69, 9.17) is 6.58 Å². The van der Waals surface area contributed by atoms with E-state index in [2.05, 4.69) is 6.58 Å². The highest BCUT2D eigenvalue weighted by Gasteiger charge is 1.67. The second-order valence-electron chi connectivity index (χ2n) is 1.72. The molecule has 0 fully saturated rings. The fraction of sp³-hybridized carbons (Fsp3) is 0.111. The van der Waals surface area contributed by atoms with Crippen LogP contribution >= 0.6 is 0 Å². The van der Waals surface area contributed by atoms with Crippen molar-refractivity contribution in [2.24, 2.45) is 0 Å². The SMILES string of the molecule is [CH]=C(C)C=CC=CC=C. The quantitative estimate of drug-likeness (QED) is 0.501. The molecule has 0 aromatic heterocycles. The second kappa shape index (κ2) is 5.10. The second-order valence-corrected chi connectivity index (χ2v) is 1.72. The van der Waals surface area contributed by atoms with Gasteiger partial charge in [-0.05, 0) is 6.92 Å².